The standard InChI is InChI=1S/C21H19ClN2O4S/c22-20-9-5-4-6-16(20)14-23-21(25)15-28-18-10-12-19(13-11-18)29(26,27)24-17-7-2-1-3-8-17/h1-13,24H,14-15H2,(H,23,25). The Balaban J connectivity index is 1.52. The van der Waals surface area contributed by atoms with E-state index in [1.54, 1.807) is 36.4 Å². The molecule has 0 bridgehead atoms. The van der Waals surface area contributed by atoms with E-state index in [9.17, 15) is 13.2 Å². The van der Waals surface area contributed by atoms with Gasteiger partial charge in [0, 0.05) is 17.3 Å². The summed E-state index contributed by atoms with van der Waals surface area (Å²) in [7, 11) is -3.70. The molecule has 0 fully saturated rings. The van der Waals surface area contributed by atoms with E-state index < -0.39 is 10.0 Å². The van der Waals surface area contributed by atoms with Crippen LogP contribution in [0.1, 0.15) is 5.56 Å². The fourth-order valence-electron chi connectivity index (χ4n) is 2.47. The van der Waals surface area contributed by atoms with E-state index in [1.807, 2.05) is 18.2 Å². The van der Waals surface area contributed by atoms with Gasteiger partial charge in [0.25, 0.3) is 15.9 Å². The van der Waals surface area contributed by atoms with Gasteiger partial charge in [0.15, 0.2) is 6.61 Å². The molecule has 2 N–H and O–H groups in total. The summed E-state index contributed by atoms with van der Waals surface area (Å²) in [5.74, 6) is 0.0731. The molecule has 8 heteroatoms. The van der Waals surface area contributed by atoms with Gasteiger partial charge >= 0.3 is 0 Å². The Hall–Kier alpha value is -3.03. The molecule has 3 aromatic carbocycles. The Kier molecular flexibility index (Phi) is 6.74. The lowest BCUT2D eigenvalue weighted by molar-refractivity contribution is -0.123. The quantitative estimate of drug-likeness (QED) is 0.568. The smallest absolute Gasteiger partial charge is 0.261 e. The molecule has 0 radical (unpaired) electrons. The number of ether oxygens (including phenoxy) is 1. The average molecular weight is 431 g/mol. The molecule has 0 aliphatic rings. The van der Waals surface area contributed by atoms with Crippen LogP contribution in [0.25, 0.3) is 0 Å². The highest BCUT2D eigenvalue weighted by Gasteiger charge is 2.14. The number of sulfonamides is 1. The summed E-state index contributed by atoms with van der Waals surface area (Å²) in [4.78, 5) is 12.0. The molecular weight excluding hydrogens is 412 g/mol. The van der Waals surface area contributed by atoms with Gasteiger partial charge in [-0.25, -0.2) is 8.42 Å². The maximum Gasteiger partial charge on any atom is 0.261 e. The van der Waals surface area contributed by atoms with Crippen molar-refractivity contribution >= 4 is 33.2 Å². The van der Waals surface area contributed by atoms with E-state index >= 15 is 0 Å². The van der Waals surface area contributed by atoms with Crippen LogP contribution in [-0.4, -0.2) is 20.9 Å². The third kappa shape index (κ3) is 5.97. The first kappa shape index (κ1) is 20.7. The first-order chi connectivity index (χ1) is 13.9. The Morgan fingerprint density at radius 3 is 2.24 bits per heavy atom. The fourth-order valence-corrected chi connectivity index (χ4v) is 3.73. The zero-order valence-corrected chi connectivity index (χ0v) is 16.9. The van der Waals surface area contributed by atoms with Crippen LogP contribution < -0.4 is 14.8 Å². The van der Waals surface area contributed by atoms with Crippen molar-refractivity contribution in [2.24, 2.45) is 0 Å². The molecule has 0 aromatic heterocycles. The topological polar surface area (TPSA) is 84.5 Å². The minimum atomic E-state index is -3.70. The number of carbonyl (C=O) groups is 1. The van der Waals surface area contributed by atoms with Gasteiger partial charge < -0.3 is 10.1 Å². The summed E-state index contributed by atoms with van der Waals surface area (Å²) in [5, 5.41) is 3.30. The monoisotopic (exact) mass is 430 g/mol. The summed E-state index contributed by atoms with van der Waals surface area (Å²) >= 11 is 6.05. The van der Waals surface area contributed by atoms with E-state index in [0.717, 1.165) is 5.56 Å². The maximum absolute atomic E-state index is 12.4. The van der Waals surface area contributed by atoms with Crippen molar-refractivity contribution in [2.45, 2.75) is 11.4 Å². The Morgan fingerprint density at radius 2 is 1.55 bits per heavy atom. The molecule has 0 heterocycles. The molecule has 1 amide bonds. The van der Waals surface area contributed by atoms with E-state index in [-0.39, 0.29) is 17.4 Å². The number of rotatable bonds is 8. The highest BCUT2D eigenvalue weighted by molar-refractivity contribution is 7.92. The number of nitrogens with one attached hydrogen (secondary N) is 2. The average Bonchev–Trinajstić information content (AvgIpc) is 2.72. The molecule has 0 unspecified atom stereocenters. The van der Waals surface area contributed by atoms with Crippen molar-refractivity contribution in [3.8, 4) is 5.75 Å². The molecule has 150 valence electrons. The fraction of sp³-hybridized carbons (Fsp3) is 0.0952. The third-order valence-electron chi connectivity index (χ3n) is 3.96. The van der Waals surface area contributed by atoms with Gasteiger partial charge in [0.1, 0.15) is 5.75 Å². The third-order valence-corrected chi connectivity index (χ3v) is 5.73. The van der Waals surface area contributed by atoms with Crippen LogP contribution >= 0.6 is 11.6 Å². The molecule has 0 atom stereocenters. The maximum atomic E-state index is 12.4. The number of carbonyl (C=O) groups excluding carboxylic acids is 1. The van der Waals surface area contributed by atoms with E-state index in [0.29, 0.717) is 23.0 Å². The summed E-state index contributed by atoms with van der Waals surface area (Å²) < 4.78 is 32.7. The molecule has 0 spiro atoms. The number of halogens is 1. The van der Waals surface area contributed by atoms with Crippen molar-refractivity contribution in [1.82, 2.24) is 5.32 Å². The largest absolute Gasteiger partial charge is 0.484 e. The van der Waals surface area contributed by atoms with Crippen molar-refractivity contribution in [3.05, 3.63) is 89.4 Å². The van der Waals surface area contributed by atoms with Gasteiger partial charge in [-0.05, 0) is 48.0 Å². The molecule has 3 aromatic rings. The van der Waals surface area contributed by atoms with Crippen LogP contribution in [-0.2, 0) is 21.4 Å². The molecule has 0 saturated carbocycles. The van der Waals surface area contributed by atoms with Crippen molar-refractivity contribution in [1.29, 1.82) is 0 Å². The minimum absolute atomic E-state index is 0.0943. The van der Waals surface area contributed by atoms with Crippen LogP contribution in [0, 0.1) is 0 Å². The second-order valence-electron chi connectivity index (χ2n) is 6.10. The van der Waals surface area contributed by atoms with Gasteiger partial charge in [-0.1, -0.05) is 48.0 Å². The Morgan fingerprint density at radius 1 is 0.897 bits per heavy atom. The molecule has 3 rings (SSSR count). The van der Waals surface area contributed by atoms with Gasteiger partial charge in [-0.15, -0.1) is 0 Å². The van der Waals surface area contributed by atoms with Gasteiger partial charge in [-0.3, -0.25) is 9.52 Å². The van der Waals surface area contributed by atoms with Crippen LogP contribution in [0.4, 0.5) is 5.69 Å². The lowest BCUT2D eigenvalue weighted by Gasteiger charge is -2.10. The highest BCUT2D eigenvalue weighted by Crippen LogP contribution is 2.19. The van der Waals surface area contributed by atoms with E-state index in [2.05, 4.69) is 10.0 Å². The number of benzene rings is 3. The number of hydrogen-bond acceptors (Lipinski definition) is 4. The zero-order valence-electron chi connectivity index (χ0n) is 15.3. The molecule has 0 aliphatic carbocycles. The minimum Gasteiger partial charge on any atom is -0.484 e. The second kappa shape index (κ2) is 9.45. The summed E-state index contributed by atoms with van der Waals surface area (Å²) in [6, 6.07) is 21.7. The lowest BCUT2D eigenvalue weighted by Crippen LogP contribution is -2.28. The lowest BCUT2D eigenvalue weighted by atomic mass is 10.2. The summed E-state index contributed by atoms with van der Waals surface area (Å²) in [6.45, 7) is 0.100. The Labute approximate surface area is 174 Å². The predicted molar refractivity (Wildman–Crippen MR) is 112 cm³/mol. The summed E-state index contributed by atoms with van der Waals surface area (Å²) in [5.41, 5.74) is 1.28. The van der Waals surface area contributed by atoms with Gasteiger partial charge in [0.05, 0.1) is 4.90 Å². The Bertz CT molecular complexity index is 1070. The van der Waals surface area contributed by atoms with Crippen molar-refractivity contribution in [3.63, 3.8) is 0 Å². The SMILES string of the molecule is O=C(COc1ccc(S(=O)(=O)Nc2ccccc2)cc1)NCc1ccccc1Cl. The first-order valence-electron chi connectivity index (χ1n) is 8.75. The molecule has 6 nitrogen and oxygen atoms in total. The van der Waals surface area contributed by atoms with E-state index in [1.165, 1.54) is 24.3 Å². The van der Waals surface area contributed by atoms with Crippen LogP contribution in [0.15, 0.2) is 83.8 Å². The number of amides is 1. The molecular formula is C21H19ClN2O4S. The summed E-state index contributed by atoms with van der Waals surface area (Å²) in [6.07, 6.45) is 0. The van der Waals surface area contributed by atoms with Crippen molar-refractivity contribution in [2.75, 3.05) is 11.3 Å². The van der Waals surface area contributed by atoms with Gasteiger partial charge in [-0.2, -0.15) is 0 Å². The molecule has 29 heavy (non-hydrogen) atoms. The van der Waals surface area contributed by atoms with Crippen LogP contribution in [0.2, 0.25) is 5.02 Å². The van der Waals surface area contributed by atoms with Crippen LogP contribution in [0.3, 0.4) is 0 Å². The normalized spacial score (nSPS) is 10.9. The van der Waals surface area contributed by atoms with Crippen molar-refractivity contribution < 1.29 is 17.9 Å². The second-order valence-corrected chi connectivity index (χ2v) is 8.19. The zero-order chi connectivity index (χ0) is 20.7. The number of anilines is 1. The highest BCUT2D eigenvalue weighted by atomic mass is 35.5. The number of para-hydroxylation sites is 1. The number of hydrogen-bond donors (Lipinski definition) is 2. The van der Waals surface area contributed by atoms with Crippen LogP contribution in [0.5, 0.6) is 5.75 Å². The molecule has 0 saturated heterocycles. The van der Waals surface area contributed by atoms with Gasteiger partial charge in [0.2, 0.25) is 0 Å². The van der Waals surface area contributed by atoms with E-state index in [4.69, 9.17) is 16.3 Å². The first-order valence-corrected chi connectivity index (χ1v) is 10.6. The predicted octanol–water partition coefficient (Wildman–Crippen LogP) is 3.84. The molecule has 0 aliphatic heterocycles.